The summed E-state index contributed by atoms with van der Waals surface area (Å²) in [6.45, 7) is 3.06. The first-order chi connectivity index (χ1) is 11.0. The predicted molar refractivity (Wildman–Crippen MR) is 89.7 cm³/mol. The van der Waals surface area contributed by atoms with Crippen LogP contribution in [-0.4, -0.2) is 41.6 Å². The van der Waals surface area contributed by atoms with Crippen molar-refractivity contribution in [2.45, 2.75) is 13.3 Å². The fourth-order valence-electron chi connectivity index (χ4n) is 2.64. The molecule has 1 aromatic carbocycles. The standard InChI is InChI=1S/C17H20N4O2/c1-11-13(7-9-21(2)3)14-10-12(4-5-15(14)19-11)20-17(22)16-6-8-18-23-16/h4-6,8,10,19H,7,9H2,1-3H3,(H,20,22). The predicted octanol–water partition coefficient (Wildman–Crippen LogP) is 2.82. The number of carbonyl (C=O) groups excluding carboxylic acids is 1. The van der Waals surface area contributed by atoms with Gasteiger partial charge in [0.05, 0.1) is 6.20 Å². The van der Waals surface area contributed by atoms with Gasteiger partial charge in [0, 0.05) is 34.9 Å². The average molecular weight is 312 g/mol. The molecule has 0 saturated carbocycles. The van der Waals surface area contributed by atoms with Gasteiger partial charge >= 0.3 is 0 Å². The second-order valence-electron chi connectivity index (χ2n) is 5.87. The molecule has 1 amide bonds. The maximum absolute atomic E-state index is 12.1. The molecule has 2 aromatic heterocycles. The van der Waals surface area contributed by atoms with Crippen LogP contribution >= 0.6 is 0 Å². The number of aryl methyl sites for hydroxylation is 1. The second kappa shape index (κ2) is 6.26. The zero-order valence-corrected chi connectivity index (χ0v) is 13.5. The van der Waals surface area contributed by atoms with Crippen LogP contribution in [0.25, 0.3) is 10.9 Å². The van der Waals surface area contributed by atoms with Crippen molar-refractivity contribution in [2.24, 2.45) is 0 Å². The van der Waals surface area contributed by atoms with Crippen LogP contribution in [0.5, 0.6) is 0 Å². The van der Waals surface area contributed by atoms with Crippen molar-refractivity contribution < 1.29 is 9.32 Å². The van der Waals surface area contributed by atoms with Crippen molar-refractivity contribution in [2.75, 3.05) is 26.0 Å². The number of amides is 1. The van der Waals surface area contributed by atoms with Gasteiger partial charge < -0.3 is 19.7 Å². The third-order valence-electron chi connectivity index (χ3n) is 3.85. The number of aromatic nitrogens is 2. The molecular weight excluding hydrogens is 292 g/mol. The Labute approximate surface area is 134 Å². The Balaban J connectivity index is 1.88. The molecule has 6 heteroatoms. The van der Waals surface area contributed by atoms with Gasteiger partial charge in [0.1, 0.15) is 0 Å². The monoisotopic (exact) mass is 312 g/mol. The highest BCUT2D eigenvalue weighted by molar-refractivity contribution is 6.03. The van der Waals surface area contributed by atoms with E-state index < -0.39 is 0 Å². The lowest BCUT2D eigenvalue weighted by molar-refractivity contribution is 0.0988. The van der Waals surface area contributed by atoms with Gasteiger partial charge in [-0.2, -0.15) is 0 Å². The summed E-state index contributed by atoms with van der Waals surface area (Å²) in [7, 11) is 4.13. The molecule has 0 aliphatic heterocycles. The number of nitrogens with zero attached hydrogens (tertiary/aromatic N) is 2. The van der Waals surface area contributed by atoms with E-state index in [4.69, 9.17) is 4.52 Å². The topological polar surface area (TPSA) is 74.2 Å². The zero-order chi connectivity index (χ0) is 16.4. The fourth-order valence-corrected chi connectivity index (χ4v) is 2.64. The summed E-state index contributed by atoms with van der Waals surface area (Å²) >= 11 is 0. The van der Waals surface area contributed by atoms with Gasteiger partial charge in [-0.1, -0.05) is 5.16 Å². The van der Waals surface area contributed by atoms with Gasteiger partial charge in [0.25, 0.3) is 5.91 Å². The molecular formula is C17H20N4O2. The molecule has 0 fully saturated rings. The van der Waals surface area contributed by atoms with E-state index in [9.17, 15) is 4.79 Å². The van der Waals surface area contributed by atoms with Crippen LogP contribution in [0.2, 0.25) is 0 Å². The molecule has 3 rings (SSSR count). The fraction of sp³-hybridized carbons (Fsp3) is 0.294. The molecule has 3 aromatic rings. The van der Waals surface area contributed by atoms with Crippen LogP contribution in [-0.2, 0) is 6.42 Å². The summed E-state index contributed by atoms with van der Waals surface area (Å²) in [6.07, 6.45) is 2.41. The van der Waals surface area contributed by atoms with Crippen molar-refractivity contribution in [3.8, 4) is 0 Å². The molecule has 23 heavy (non-hydrogen) atoms. The smallest absolute Gasteiger partial charge is 0.294 e. The Morgan fingerprint density at radius 2 is 2.17 bits per heavy atom. The van der Waals surface area contributed by atoms with Crippen molar-refractivity contribution in [1.29, 1.82) is 0 Å². The van der Waals surface area contributed by atoms with E-state index in [2.05, 4.69) is 41.4 Å². The summed E-state index contributed by atoms with van der Waals surface area (Å²) < 4.78 is 4.87. The quantitative estimate of drug-likeness (QED) is 0.760. The lowest BCUT2D eigenvalue weighted by Crippen LogP contribution is -2.15. The molecule has 120 valence electrons. The van der Waals surface area contributed by atoms with E-state index >= 15 is 0 Å². The van der Waals surface area contributed by atoms with Crippen LogP contribution in [0.15, 0.2) is 35.0 Å². The molecule has 0 aliphatic carbocycles. The summed E-state index contributed by atoms with van der Waals surface area (Å²) in [4.78, 5) is 17.6. The van der Waals surface area contributed by atoms with Crippen LogP contribution in [0.4, 0.5) is 5.69 Å². The number of likely N-dealkylation sites (N-methyl/N-ethyl adjacent to an activating group) is 1. The van der Waals surface area contributed by atoms with Gasteiger partial charge in [-0.25, -0.2) is 0 Å². The Hall–Kier alpha value is -2.60. The van der Waals surface area contributed by atoms with Gasteiger partial charge in [-0.3, -0.25) is 4.79 Å². The number of aromatic amines is 1. The first-order valence-corrected chi connectivity index (χ1v) is 7.52. The van der Waals surface area contributed by atoms with E-state index in [0.29, 0.717) is 0 Å². The lowest BCUT2D eigenvalue weighted by atomic mass is 10.1. The maximum Gasteiger partial charge on any atom is 0.294 e. The minimum absolute atomic E-state index is 0.197. The summed E-state index contributed by atoms with van der Waals surface area (Å²) in [5, 5.41) is 7.53. The first-order valence-electron chi connectivity index (χ1n) is 7.52. The summed E-state index contributed by atoms with van der Waals surface area (Å²) in [6, 6.07) is 7.40. The van der Waals surface area contributed by atoms with Crippen LogP contribution in [0.3, 0.4) is 0 Å². The van der Waals surface area contributed by atoms with Crippen LogP contribution < -0.4 is 5.32 Å². The highest BCUT2D eigenvalue weighted by atomic mass is 16.5. The van der Waals surface area contributed by atoms with Gasteiger partial charge in [-0.05, 0) is 51.2 Å². The van der Waals surface area contributed by atoms with Gasteiger partial charge in [-0.15, -0.1) is 0 Å². The van der Waals surface area contributed by atoms with Crippen LogP contribution in [0, 0.1) is 6.92 Å². The van der Waals surface area contributed by atoms with Crippen LogP contribution in [0.1, 0.15) is 21.8 Å². The summed E-state index contributed by atoms with van der Waals surface area (Å²) in [5.74, 6) is -0.105. The number of benzene rings is 1. The molecule has 0 radical (unpaired) electrons. The molecule has 0 unspecified atom stereocenters. The molecule has 2 N–H and O–H groups in total. The van der Waals surface area contributed by atoms with Crippen molar-refractivity contribution in [1.82, 2.24) is 15.0 Å². The largest absolute Gasteiger partial charge is 0.358 e. The molecule has 6 nitrogen and oxygen atoms in total. The van der Waals surface area contributed by atoms with Gasteiger partial charge in [0.2, 0.25) is 5.76 Å². The Morgan fingerprint density at radius 3 is 2.87 bits per heavy atom. The highest BCUT2D eigenvalue weighted by Crippen LogP contribution is 2.26. The summed E-state index contributed by atoms with van der Waals surface area (Å²) in [5.41, 5.74) is 4.27. The van der Waals surface area contributed by atoms with Crippen molar-refractivity contribution in [3.63, 3.8) is 0 Å². The van der Waals surface area contributed by atoms with Crippen molar-refractivity contribution >= 4 is 22.5 Å². The Morgan fingerprint density at radius 1 is 1.35 bits per heavy atom. The third-order valence-corrected chi connectivity index (χ3v) is 3.85. The second-order valence-corrected chi connectivity index (χ2v) is 5.87. The third kappa shape index (κ3) is 3.27. The number of rotatable bonds is 5. The number of hydrogen-bond acceptors (Lipinski definition) is 4. The Bertz CT molecular complexity index is 819. The van der Waals surface area contributed by atoms with E-state index in [1.807, 2.05) is 18.2 Å². The number of hydrogen-bond donors (Lipinski definition) is 2. The number of carbonyl (C=O) groups is 1. The van der Waals surface area contributed by atoms with E-state index in [-0.39, 0.29) is 11.7 Å². The number of nitrogens with one attached hydrogen (secondary N) is 2. The molecule has 0 saturated heterocycles. The molecule has 0 aliphatic rings. The Kier molecular flexibility index (Phi) is 4.16. The van der Waals surface area contributed by atoms with Gasteiger partial charge in [0.15, 0.2) is 0 Å². The van der Waals surface area contributed by atoms with Crippen molar-refractivity contribution in [3.05, 3.63) is 47.5 Å². The number of anilines is 1. The average Bonchev–Trinajstić information content (AvgIpc) is 3.12. The number of H-pyrrole nitrogens is 1. The first kappa shape index (κ1) is 15.3. The van der Waals surface area contributed by atoms with E-state index in [1.165, 1.54) is 23.5 Å². The lowest BCUT2D eigenvalue weighted by Gasteiger charge is -2.09. The molecule has 0 spiro atoms. The molecule has 0 atom stereocenters. The van der Waals surface area contributed by atoms with E-state index in [1.54, 1.807) is 0 Å². The zero-order valence-electron chi connectivity index (χ0n) is 13.5. The molecule has 2 heterocycles. The SMILES string of the molecule is Cc1[nH]c2ccc(NC(=O)c3ccno3)cc2c1CCN(C)C. The molecule has 0 bridgehead atoms. The minimum atomic E-state index is -0.302. The minimum Gasteiger partial charge on any atom is -0.358 e. The number of fused-ring (bicyclic) bond motifs is 1. The maximum atomic E-state index is 12.1. The normalized spacial score (nSPS) is 11.3. The highest BCUT2D eigenvalue weighted by Gasteiger charge is 2.13. The van der Waals surface area contributed by atoms with E-state index in [0.717, 1.165) is 29.6 Å².